The number of aromatic amines is 2. The van der Waals surface area contributed by atoms with Crippen LogP contribution >= 0.6 is 35.6 Å². The lowest BCUT2D eigenvalue weighted by Gasteiger charge is -2.12. The molecule has 0 bridgehead atoms. The molecule has 0 aliphatic rings. The third-order valence-corrected chi connectivity index (χ3v) is 6.08. The van der Waals surface area contributed by atoms with E-state index in [0.29, 0.717) is 17.3 Å². The lowest BCUT2D eigenvalue weighted by molar-refractivity contribution is 0.416. The number of aromatic nitrogens is 3. The molecule has 5 rings (SSSR count). The number of rotatable bonds is 7. The molecule has 1 atom stereocenters. The molecule has 0 radical (unpaired) electrons. The normalized spacial score (nSPS) is 12.3. The van der Waals surface area contributed by atoms with Gasteiger partial charge in [-0.05, 0) is 48.0 Å². The number of nitrogens with two attached hydrogens (primary N) is 1. The maximum Gasteiger partial charge on any atom is 0.131 e. The van der Waals surface area contributed by atoms with E-state index in [1.165, 1.54) is 0 Å². The largest absolute Gasteiger partial charge is 0.496 e. The van der Waals surface area contributed by atoms with E-state index in [9.17, 15) is 0 Å². The van der Waals surface area contributed by atoms with Crippen molar-refractivity contribution < 1.29 is 4.74 Å². The molecule has 4 N–H and O–H groups in total. The minimum atomic E-state index is -0.321. The monoisotopic (exact) mass is 597 g/mol. The molecule has 3 aromatic carbocycles. The van der Waals surface area contributed by atoms with E-state index in [-0.39, 0.29) is 30.0 Å². The molecular weight excluding hydrogens is 573 g/mol. The van der Waals surface area contributed by atoms with Crippen LogP contribution in [0.3, 0.4) is 0 Å². The van der Waals surface area contributed by atoms with Crippen LogP contribution < -0.4 is 10.5 Å². The van der Waals surface area contributed by atoms with E-state index >= 15 is 0 Å². The van der Waals surface area contributed by atoms with Crippen molar-refractivity contribution in [2.75, 3.05) is 7.11 Å². The fraction of sp³-hybridized carbons (Fsp3) is 0.111. The molecule has 0 saturated carbocycles. The number of nitrogens with zero attached hydrogens (tertiary/aromatic N) is 2. The standard InChI is InChI=1S/C27H24ClN5O.HI/c1-34-25-9-5-3-7-21(25)24-16-31-27(33-24)23(32-26(29)17-10-12-19(28)13-11-17)14-18-15-30-22-8-4-2-6-20(18)22;/h2-13,15-16,23,30H,14H2,1H3,(H2,29,32)(H,31,33);1H/t23-;/m1./s1. The maximum atomic E-state index is 6.43. The van der Waals surface area contributed by atoms with E-state index in [2.05, 4.69) is 27.1 Å². The molecule has 0 spiro atoms. The third-order valence-electron chi connectivity index (χ3n) is 5.83. The van der Waals surface area contributed by atoms with Crippen LogP contribution in [0.25, 0.3) is 22.2 Å². The number of nitrogens with one attached hydrogen (secondary N) is 2. The lowest BCUT2D eigenvalue weighted by Crippen LogP contribution is -2.16. The van der Waals surface area contributed by atoms with Crippen LogP contribution in [0.15, 0.2) is 90.2 Å². The second-order valence-corrected chi connectivity index (χ2v) is 8.42. The summed E-state index contributed by atoms with van der Waals surface area (Å²) in [6.07, 6.45) is 4.45. The maximum absolute atomic E-state index is 6.43. The predicted octanol–water partition coefficient (Wildman–Crippen LogP) is 6.53. The number of hydrogen-bond acceptors (Lipinski definition) is 3. The van der Waals surface area contributed by atoms with Gasteiger partial charge in [0.2, 0.25) is 0 Å². The Hall–Kier alpha value is -3.30. The molecule has 8 heteroatoms. The summed E-state index contributed by atoms with van der Waals surface area (Å²) >= 11 is 6.04. The molecule has 6 nitrogen and oxygen atoms in total. The highest BCUT2D eigenvalue weighted by Crippen LogP contribution is 2.31. The molecule has 178 valence electrons. The molecular formula is C27H25ClIN5O. The van der Waals surface area contributed by atoms with Gasteiger partial charge in [-0.15, -0.1) is 24.0 Å². The second kappa shape index (κ2) is 11.0. The fourth-order valence-corrected chi connectivity index (χ4v) is 4.21. The number of amidine groups is 1. The van der Waals surface area contributed by atoms with E-state index in [0.717, 1.165) is 44.9 Å². The molecule has 35 heavy (non-hydrogen) atoms. The van der Waals surface area contributed by atoms with E-state index in [1.54, 1.807) is 19.2 Å². The second-order valence-electron chi connectivity index (χ2n) is 7.98. The third kappa shape index (κ3) is 5.36. The van der Waals surface area contributed by atoms with E-state index in [4.69, 9.17) is 27.1 Å². The Bertz CT molecular complexity index is 1460. The molecule has 0 aliphatic heterocycles. The lowest BCUT2D eigenvalue weighted by atomic mass is 10.0. The molecule has 5 aromatic rings. The van der Waals surface area contributed by atoms with Gasteiger partial charge >= 0.3 is 0 Å². The molecule has 0 fully saturated rings. The Morgan fingerprint density at radius 2 is 1.80 bits per heavy atom. The molecule has 2 aromatic heterocycles. The van der Waals surface area contributed by atoms with E-state index in [1.807, 2.05) is 60.9 Å². The van der Waals surface area contributed by atoms with Crippen molar-refractivity contribution in [3.63, 3.8) is 0 Å². The fourth-order valence-electron chi connectivity index (χ4n) is 4.09. The molecule has 2 heterocycles. The summed E-state index contributed by atoms with van der Waals surface area (Å²) in [5, 5.41) is 1.81. The zero-order valence-electron chi connectivity index (χ0n) is 19.0. The molecule has 0 unspecified atom stereocenters. The number of benzene rings is 3. The van der Waals surface area contributed by atoms with Crippen molar-refractivity contribution in [1.82, 2.24) is 15.0 Å². The van der Waals surface area contributed by atoms with Gasteiger partial charge in [-0.3, -0.25) is 4.99 Å². The summed E-state index contributed by atoms with van der Waals surface area (Å²) in [6.45, 7) is 0. The first-order chi connectivity index (χ1) is 16.6. The number of para-hydroxylation sites is 2. The number of ether oxygens (including phenoxy) is 1. The van der Waals surface area contributed by atoms with Crippen molar-refractivity contribution in [2.24, 2.45) is 10.7 Å². The van der Waals surface area contributed by atoms with Crippen LogP contribution in [0.5, 0.6) is 5.75 Å². The highest BCUT2D eigenvalue weighted by molar-refractivity contribution is 14.0. The van der Waals surface area contributed by atoms with Gasteiger partial charge in [-0.1, -0.05) is 41.9 Å². The minimum absolute atomic E-state index is 0. The summed E-state index contributed by atoms with van der Waals surface area (Å²) in [4.78, 5) is 16.4. The summed E-state index contributed by atoms with van der Waals surface area (Å²) in [6, 6.07) is 23.1. The Balaban J connectivity index is 0.00000289. The van der Waals surface area contributed by atoms with Gasteiger partial charge in [0, 0.05) is 39.7 Å². The number of fused-ring (bicyclic) bond motifs is 1. The Labute approximate surface area is 225 Å². The van der Waals surface area contributed by atoms with Crippen LogP contribution in [-0.4, -0.2) is 27.9 Å². The van der Waals surface area contributed by atoms with Crippen LogP contribution in [0, 0.1) is 0 Å². The number of halogens is 2. The average molecular weight is 598 g/mol. The quantitative estimate of drug-likeness (QED) is 0.113. The van der Waals surface area contributed by atoms with Gasteiger partial charge in [-0.2, -0.15) is 0 Å². The van der Waals surface area contributed by atoms with E-state index < -0.39 is 0 Å². The van der Waals surface area contributed by atoms with Gasteiger partial charge in [0.05, 0.1) is 19.0 Å². The summed E-state index contributed by atoms with van der Waals surface area (Å²) < 4.78 is 5.52. The molecule has 0 saturated heterocycles. The first kappa shape index (κ1) is 24.8. The van der Waals surface area contributed by atoms with Crippen LogP contribution in [0.1, 0.15) is 23.0 Å². The molecule has 0 aliphatic carbocycles. The smallest absolute Gasteiger partial charge is 0.131 e. The van der Waals surface area contributed by atoms with Gasteiger partial charge in [0.15, 0.2) is 0 Å². The summed E-state index contributed by atoms with van der Waals surface area (Å²) in [7, 11) is 1.66. The van der Waals surface area contributed by atoms with Gasteiger partial charge in [0.25, 0.3) is 0 Å². The average Bonchev–Trinajstić information content (AvgIpc) is 3.52. The first-order valence-electron chi connectivity index (χ1n) is 10.9. The summed E-state index contributed by atoms with van der Waals surface area (Å²) in [5.74, 6) is 1.93. The van der Waals surface area contributed by atoms with Gasteiger partial charge in [0.1, 0.15) is 23.5 Å². The zero-order valence-corrected chi connectivity index (χ0v) is 22.1. The predicted molar refractivity (Wildman–Crippen MR) is 153 cm³/mol. The van der Waals surface area contributed by atoms with Crippen molar-refractivity contribution in [2.45, 2.75) is 12.5 Å². The Morgan fingerprint density at radius 1 is 1.06 bits per heavy atom. The number of methoxy groups -OCH3 is 1. The Morgan fingerprint density at radius 3 is 2.60 bits per heavy atom. The zero-order chi connectivity index (χ0) is 23.5. The SMILES string of the molecule is COc1ccccc1-c1cnc([C@@H](Cc2c[nH]c3ccccc23)N=C(N)c2ccc(Cl)cc2)[nH]1.I. The number of imidazole rings is 1. The topological polar surface area (TPSA) is 92.1 Å². The van der Waals surface area contributed by atoms with Gasteiger partial charge < -0.3 is 20.4 Å². The van der Waals surface area contributed by atoms with Crippen molar-refractivity contribution in [3.05, 3.63) is 107 Å². The Kier molecular flexibility index (Phi) is 7.77. The number of H-pyrrole nitrogens is 2. The number of aliphatic imine (C=N–C) groups is 1. The molecule has 0 amide bonds. The van der Waals surface area contributed by atoms with Gasteiger partial charge in [-0.25, -0.2) is 4.98 Å². The van der Waals surface area contributed by atoms with Crippen molar-refractivity contribution in [1.29, 1.82) is 0 Å². The van der Waals surface area contributed by atoms with Crippen LogP contribution in [0.4, 0.5) is 0 Å². The highest BCUT2D eigenvalue weighted by Gasteiger charge is 2.19. The first-order valence-corrected chi connectivity index (χ1v) is 11.3. The minimum Gasteiger partial charge on any atom is -0.496 e. The summed E-state index contributed by atoms with van der Waals surface area (Å²) in [5.41, 5.74) is 11.3. The highest BCUT2D eigenvalue weighted by atomic mass is 127. The van der Waals surface area contributed by atoms with Crippen LogP contribution in [0.2, 0.25) is 5.02 Å². The van der Waals surface area contributed by atoms with Crippen molar-refractivity contribution >= 4 is 52.3 Å². The number of hydrogen-bond donors (Lipinski definition) is 3. The van der Waals surface area contributed by atoms with Crippen LogP contribution in [-0.2, 0) is 6.42 Å². The van der Waals surface area contributed by atoms with Crippen molar-refractivity contribution in [3.8, 4) is 17.0 Å².